The van der Waals surface area contributed by atoms with Crippen LogP contribution in [0.4, 0.5) is 8.78 Å². The second kappa shape index (κ2) is 5.46. The quantitative estimate of drug-likeness (QED) is 0.898. The molecule has 0 aliphatic heterocycles. The van der Waals surface area contributed by atoms with Crippen molar-refractivity contribution in [2.24, 2.45) is 5.73 Å². The van der Waals surface area contributed by atoms with Crippen molar-refractivity contribution >= 4 is 11.6 Å². The van der Waals surface area contributed by atoms with Crippen LogP contribution in [0.3, 0.4) is 0 Å². The molecule has 0 fully saturated rings. The molecule has 0 saturated carbocycles. The summed E-state index contributed by atoms with van der Waals surface area (Å²) in [6, 6.07) is 10.3. The van der Waals surface area contributed by atoms with Crippen LogP contribution in [0.5, 0.6) is 0 Å². The predicted octanol–water partition coefficient (Wildman–Crippen LogP) is 3.86. The molecule has 2 aromatic rings. The molecule has 4 heteroatoms. The van der Waals surface area contributed by atoms with E-state index in [4.69, 9.17) is 17.3 Å². The minimum atomic E-state index is -0.624. The van der Waals surface area contributed by atoms with Crippen LogP contribution in [0.15, 0.2) is 42.5 Å². The van der Waals surface area contributed by atoms with Crippen LogP contribution < -0.4 is 5.73 Å². The monoisotopic (exact) mass is 267 g/mol. The summed E-state index contributed by atoms with van der Waals surface area (Å²) in [6.07, 6.45) is 0.226. The lowest BCUT2D eigenvalue weighted by atomic mass is 9.99. The number of halogens is 3. The van der Waals surface area contributed by atoms with Crippen LogP contribution in [0, 0.1) is 11.6 Å². The van der Waals surface area contributed by atoms with E-state index in [0.29, 0.717) is 11.1 Å². The molecule has 2 N–H and O–H groups in total. The Labute approximate surface area is 109 Å². The molecule has 0 amide bonds. The third-order valence-corrected chi connectivity index (χ3v) is 3.07. The van der Waals surface area contributed by atoms with E-state index in [1.165, 1.54) is 12.1 Å². The molecule has 0 heterocycles. The zero-order chi connectivity index (χ0) is 13.1. The van der Waals surface area contributed by atoms with E-state index < -0.39 is 11.9 Å². The summed E-state index contributed by atoms with van der Waals surface area (Å²) in [5.74, 6) is -0.876. The number of hydrogen-bond acceptors (Lipinski definition) is 1. The van der Waals surface area contributed by atoms with E-state index in [1.54, 1.807) is 30.3 Å². The van der Waals surface area contributed by atoms with Crippen LogP contribution in [0.25, 0.3) is 0 Å². The maximum absolute atomic E-state index is 13.7. The largest absolute Gasteiger partial charge is 0.324 e. The molecule has 0 aliphatic carbocycles. The number of hydrogen-bond donors (Lipinski definition) is 1. The van der Waals surface area contributed by atoms with Gasteiger partial charge in [0.2, 0.25) is 0 Å². The van der Waals surface area contributed by atoms with Crippen molar-refractivity contribution in [3.63, 3.8) is 0 Å². The van der Waals surface area contributed by atoms with Crippen LogP contribution in [0.2, 0.25) is 5.02 Å². The molecule has 1 atom stereocenters. The smallest absolute Gasteiger partial charge is 0.146 e. The maximum Gasteiger partial charge on any atom is 0.146 e. The average Bonchev–Trinajstić information content (AvgIpc) is 2.35. The second-order valence-corrected chi connectivity index (χ2v) is 4.45. The molecule has 0 bridgehead atoms. The molecule has 94 valence electrons. The maximum atomic E-state index is 13.7. The minimum absolute atomic E-state index is 0.0245. The summed E-state index contributed by atoms with van der Waals surface area (Å²) >= 11 is 5.69. The van der Waals surface area contributed by atoms with Gasteiger partial charge in [-0.3, -0.25) is 0 Å². The molecule has 0 aliphatic rings. The Morgan fingerprint density at radius 3 is 2.50 bits per heavy atom. The highest BCUT2D eigenvalue weighted by molar-refractivity contribution is 6.30. The normalized spacial score (nSPS) is 12.4. The molecule has 0 aromatic heterocycles. The van der Waals surface area contributed by atoms with Gasteiger partial charge in [0.1, 0.15) is 11.6 Å². The Morgan fingerprint density at radius 2 is 1.78 bits per heavy atom. The van der Waals surface area contributed by atoms with Gasteiger partial charge < -0.3 is 5.73 Å². The third-order valence-electron chi connectivity index (χ3n) is 2.78. The first kappa shape index (κ1) is 13.0. The van der Waals surface area contributed by atoms with Gasteiger partial charge in [-0.25, -0.2) is 8.78 Å². The molecule has 0 radical (unpaired) electrons. The van der Waals surface area contributed by atoms with Gasteiger partial charge in [-0.1, -0.05) is 41.9 Å². The zero-order valence-corrected chi connectivity index (χ0v) is 10.3. The van der Waals surface area contributed by atoms with E-state index in [9.17, 15) is 8.78 Å². The van der Waals surface area contributed by atoms with Gasteiger partial charge in [0, 0.05) is 11.6 Å². The summed E-state index contributed by atoms with van der Waals surface area (Å²) in [4.78, 5) is 0. The summed E-state index contributed by atoms with van der Waals surface area (Å²) in [5, 5.41) is 0.0245. The van der Waals surface area contributed by atoms with Crippen molar-refractivity contribution in [1.29, 1.82) is 0 Å². The van der Waals surface area contributed by atoms with Gasteiger partial charge in [-0.15, -0.1) is 0 Å². The van der Waals surface area contributed by atoms with E-state index in [-0.39, 0.29) is 17.3 Å². The average molecular weight is 268 g/mol. The SMILES string of the molecule is NC(Cc1ccccc1F)c1cccc(Cl)c1F. The van der Waals surface area contributed by atoms with E-state index in [0.717, 1.165) is 0 Å². The topological polar surface area (TPSA) is 26.0 Å². The van der Waals surface area contributed by atoms with Gasteiger partial charge in [-0.05, 0) is 24.1 Å². The summed E-state index contributed by atoms with van der Waals surface area (Å²) in [7, 11) is 0. The van der Waals surface area contributed by atoms with Gasteiger partial charge >= 0.3 is 0 Å². The van der Waals surface area contributed by atoms with E-state index >= 15 is 0 Å². The Bertz CT molecular complexity index is 557. The lowest BCUT2D eigenvalue weighted by molar-refractivity contribution is 0.563. The lowest BCUT2D eigenvalue weighted by Gasteiger charge is -2.14. The molecule has 18 heavy (non-hydrogen) atoms. The van der Waals surface area contributed by atoms with Crippen molar-refractivity contribution < 1.29 is 8.78 Å². The first-order valence-electron chi connectivity index (χ1n) is 5.52. The minimum Gasteiger partial charge on any atom is -0.324 e. The van der Waals surface area contributed by atoms with E-state index in [1.807, 2.05) is 0 Å². The second-order valence-electron chi connectivity index (χ2n) is 4.05. The van der Waals surface area contributed by atoms with Gasteiger partial charge in [-0.2, -0.15) is 0 Å². The molecule has 1 nitrogen and oxygen atoms in total. The van der Waals surface area contributed by atoms with E-state index in [2.05, 4.69) is 0 Å². The molecule has 1 unspecified atom stereocenters. The predicted molar refractivity (Wildman–Crippen MR) is 68.4 cm³/mol. The lowest BCUT2D eigenvalue weighted by Crippen LogP contribution is -2.15. The molecule has 2 rings (SSSR count). The van der Waals surface area contributed by atoms with Crippen molar-refractivity contribution in [3.05, 3.63) is 70.2 Å². The Kier molecular flexibility index (Phi) is 3.94. The summed E-state index contributed by atoms with van der Waals surface area (Å²) in [5.41, 5.74) is 6.66. The van der Waals surface area contributed by atoms with Crippen molar-refractivity contribution in [1.82, 2.24) is 0 Å². The molecule has 0 saturated heterocycles. The highest BCUT2D eigenvalue weighted by Gasteiger charge is 2.15. The number of nitrogens with two attached hydrogens (primary N) is 1. The van der Waals surface area contributed by atoms with Gasteiger partial charge in [0.05, 0.1) is 5.02 Å². The molecular weight excluding hydrogens is 256 g/mol. The highest BCUT2D eigenvalue weighted by atomic mass is 35.5. The third kappa shape index (κ3) is 2.68. The molecule has 2 aromatic carbocycles. The molecular formula is C14H12ClF2N. The Balaban J connectivity index is 2.25. The fraction of sp³-hybridized carbons (Fsp3) is 0.143. The van der Waals surface area contributed by atoms with Crippen LogP contribution >= 0.6 is 11.6 Å². The Hall–Kier alpha value is -1.45. The number of rotatable bonds is 3. The fourth-order valence-corrected chi connectivity index (χ4v) is 2.00. The summed E-state index contributed by atoms with van der Waals surface area (Å²) < 4.78 is 27.2. The fourth-order valence-electron chi connectivity index (χ4n) is 1.82. The van der Waals surface area contributed by atoms with Crippen LogP contribution in [-0.4, -0.2) is 0 Å². The Morgan fingerprint density at radius 1 is 1.06 bits per heavy atom. The van der Waals surface area contributed by atoms with Crippen LogP contribution in [0.1, 0.15) is 17.2 Å². The first-order valence-corrected chi connectivity index (χ1v) is 5.90. The first-order chi connectivity index (χ1) is 8.59. The summed E-state index contributed by atoms with van der Waals surface area (Å²) in [6.45, 7) is 0. The van der Waals surface area contributed by atoms with Crippen molar-refractivity contribution in [3.8, 4) is 0 Å². The van der Waals surface area contributed by atoms with Gasteiger partial charge in [0.15, 0.2) is 0 Å². The van der Waals surface area contributed by atoms with Crippen LogP contribution in [-0.2, 0) is 6.42 Å². The van der Waals surface area contributed by atoms with Gasteiger partial charge in [0.25, 0.3) is 0 Å². The highest BCUT2D eigenvalue weighted by Crippen LogP contribution is 2.24. The van der Waals surface area contributed by atoms with Crippen molar-refractivity contribution in [2.75, 3.05) is 0 Å². The standard InChI is InChI=1S/C14H12ClF2N/c15-11-6-3-5-10(14(11)17)13(18)8-9-4-1-2-7-12(9)16/h1-7,13H,8,18H2. The molecule has 0 spiro atoms. The number of benzene rings is 2. The van der Waals surface area contributed by atoms with Crippen molar-refractivity contribution in [2.45, 2.75) is 12.5 Å². The zero-order valence-electron chi connectivity index (χ0n) is 9.54.